The van der Waals surface area contributed by atoms with E-state index >= 15 is 0 Å². The first-order valence-corrected chi connectivity index (χ1v) is 7.35. The van der Waals surface area contributed by atoms with Crippen LogP contribution in [0.1, 0.15) is 42.6 Å². The molecule has 0 aliphatic rings. The van der Waals surface area contributed by atoms with E-state index in [4.69, 9.17) is 0 Å². The Kier molecular flexibility index (Phi) is 3.69. The molecule has 0 bridgehead atoms. The summed E-state index contributed by atoms with van der Waals surface area (Å²) >= 11 is 1.46. The van der Waals surface area contributed by atoms with Crippen LogP contribution in [-0.4, -0.2) is 27.7 Å². The maximum absolute atomic E-state index is 12.5. The Bertz CT molecular complexity index is 636. The molecule has 0 unspecified atom stereocenters. The molecule has 1 amide bonds. The van der Waals surface area contributed by atoms with Crippen molar-refractivity contribution < 1.29 is 4.79 Å². The molecule has 20 heavy (non-hydrogen) atoms. The number of hydrogen-bond acceptors (Lipinski definition) is 4. The van der Waals surface area contributed by atoms with Gasteiger partial charge in [-0.05, 0) is 40.7 Å². The molecule has 0 atom stereocenters. The molecule has 2 rings (SSSR count). The number of amides is 1. The van der Waals surface area contributed by atoms with Crippen molar-refractivity contribution in [3.63, 3.8) is 0 Å². The lowest BCUT2D eigenvalue weighted by Gasteiger charge is -2.21. The third-order valence-electron chi connectivity index (χ3n) is 2.94. The van der Waals surface area contributed by atoms with Gasteiger partial charge in [-0.25, -0.2) is 4.98 Å². The Morgan fingerprint density at radius 2 is 2.00 bits per heavy atom. The molecule has 0 radical (unpaired) electrons. The lowest BCUT2D eigenvalue weighted by molar-refractivity contribution is 0.0986. The fourth-order valence-corrected chi connectivity index (χ4v) is 2.78. The van der Waals surface area contributed by atoms with Crippen LogP contribution >= 0.6 is 11.3 Å². The van der Waals surface area contributed by atoms with E-state index in [9.17, 15) is 4.79 Å². The van der Waals surface area contributed by atoms with E-state index in [-0.39, 0.29) is 11.4 Å². The zero-order chi connectivity index (χ0) is 15.1. The predicted octanol–water partition coefficient (Wildman–Crippen LogP) is 2.99. The molecule has 0 N–H and O–H groups in total. The van der Waals surface area contributed by atoms with Gasteiger partial charge in [-0.1, -0.05) is 0 Å². The highest BCUT2D eigenvalue weighted by Crippen LogP contribution is 2.22. The third kappa shape index (κ3) is 2.75. The molecule has 0 saturated heterocycles. The highest BCUT2D eigenvalue weighted by Gasteiger charge is 2.23. The van der Waals surface area contributed by atoms with E-state index < -0.39 is 0 Å². The highest BCUT2D eigenvalue weighted by atomic mass is 32.1. The standard InChI is InChI=1S/C14H20N4OS/c1-9-8-20-13(15-9)17(6)12(19)11-7-10(2)18(16-11)14(3,4)5/h7-8H,1-6H3. The van der Waals surface area contributed by atoms with Crippen LogP contribution in [0.3, 0.4) is 0 Å². The van der Waals surface area contributed by atoms with Gasteiger partial charge >= 0.3 is 0 Å². The lowest BCUT2D eigenvalue weighted by Crippen LogP contribution is -2.28. The second kappa shape index (κ2) is 5.01. The van der Waals surface area contributed by atoms with E-state index in [1.54, 1.807) is 11.9 Å². The maximum atomic E-state index is 12.5. The first-order valence-electron chi connectivity index (χ1n) is 6.47. The predicted molar refractivity (Wildman–Crippen MR) is 81.5 cm³/mol. The van der Waals surface area contributed by atoms with Crippen LogP contribution in [-0.2, 0) is 5.54 Å². The number of carbonyl (C=O) groups excluding carboxylic acids is 1. The SMILES string of the molecule is Cc1csc(N(C)C(=O)c2cc(C)n(C(C)(C)C)n2)n1. The lowest BCUT2D eigenvalue weighted by atomic mass is 10.1. The van der Waals surface area contributed by atoms with Gasteiger partial charge in [-0.2, -0.15) is 5.10 Å². The van der Waals surface area contributed by atoms with Gasteiger partial charge in [0.2, 0.25) is 0 Å². The van der Waals surface area contributed by atoms with E-state index in [2.05, 4.69) is 30.9 Å². The van der Waals surface area contributed by atoms with Crippen molar-refractivity contribution in [1.29, 1.82) is 0 Å². The summed E-state index contributed by atoms with van der Waals surface area (Å²) in [7, 11) is 1.73. The average molecular weight is 292 g/mol. The molecular weight excluding hydrogens is 272 g/mol. The van der Waals surface area contributed by atoms with E-state index in [0.717, 1.165) is 11.4 Å². The number of thiazole rings is 1. The minimum absolute atomic E-state index is 0.134. The van der Waals surface area contributed by atoms with Gasteiger partial charge < -0.3 is 0 Å². The van der Waals surface area contributed by atoms with E-state index in [1.165, 1.54) is 11.3 Å². The normalized spacial score (nSPS) is 11.7. The largest absolute Gasteiger partial charge is 0.286 e. The topological polar surface area (TPSA) is 51.0 Å². The molecule has 0 aliphatic carbocycles. The maximum Gasteiger partial charge on any atom is 0.280 e. The summed E-state index contributed by atoms with van der Waals surface area (Å²) in [6, 6.07) is 1.82. The van der Waals surface area contributed by atoms with E-state index in [1.807, 2.05) is 30.0 Å². The van der Waals surface area contributed by atoms with Crippen molar-refractivity contribution in [2.45, 2.75) is 40.2 Å². The number of anilines is 1. The minimum atomic E-state index is -0.140. The first kappa shape index (κ1) is 14.7. The van der Waals surface area contributed by atoms with Gasteiger partial charge in [-0.15, -0.1) is 11.3 Å². The second-order valence-electron chi connectivity index (χ2n) is 5.89. The summed E-state index contributed by atoms with van der Waals surface area (Å²) in [5.41, 5.74) is 2.21. The third-order valence-corrected chi connectivity index (χ3v) is 3.98. The van der Waals surface area contributed by atoms with Gasteiger partial charge in [0.1, 0.15) is 0 Å². The number of carbonyl (C=O) groups is 1. The van der Waals surface area contributed by atoms with Crippen LogP contribution in [0.25, 0.3) is 0 Å². The van der Waals surface area contributed by atoms with Crippen LogP contribution in [0.5, 0.6) is 0 Å². The van der Waals surface area contributed by atoms with Crippen molar-refractivity contribution in [1.82, 2.24) is 14.8 Å². The Balaban J connectivity index is 2.30. The Morgan fingerprint density at radius 3 is 2.45 bits per heavy atom. The number of hydrogen-bond donors (Lipinski definition) is 0. The molecule has 2 aromatic heterocycles. The molecule has 2 heterocycles. The first-order chi connectivity index (χ1) is 9.20. The molecule has 6 heteroatoms. The van der Waals surface area contributed by atoms with Crippen molar-refractivity contribution >= 4 is 22.4 Å². The summed E-state index contributed by atoms with van der Waals surface area (Å²) in [4.78, 5) is 18.3. The Hall–Kier alpha value is -1.69. The van der Waals surface area contributed by atoms with Gasteiger partial charge in [0.15, 0.2) is 10.8 Å². The Labute approximate surface area is 123 Å². The molecule has 0 spiro atoms. The van der Waals surface area contributed by atoms with Crippen LogP contribution < -0.4 is 4.90 Å². The summed E-state index contributed by atoms with van der Waals surface area (Å²) in [6.07, 6.45) is 0. The summed E-state index contributed by atoms with van der Waals surface area (Å²) < 4.78 is 1.88. The average Bonchev–Trinajstić information content (AvgIpc) is 2.93. The van der Waals surface area contributed by atoms with Crippen molar-refractivity contribution in [2.24, 2.45) is 0 Å². The smallest absolute Gasteiger partial charge is 0.280 e. The molecule has 0 aliphatic heterocycles. The molecule has 5 nitrogen and oxygen atoms in total. The molecule has 0 fully saturated rings. The number of nitrogens with zero attached hydrogens (tertiary/aromatic N) is 4. The fourth-order valence-electron chi connectivity index (χ4n) is 2.01. The highest BCUT2D eigenvalue weighted by molar-refractivity contribution is 7.14. The van der Waals surface area contributed by atoms with Crippen LogP contribution in [0, 0.1) is 13.8 Å². The number of aromatic nitrogens is 3. The van der Waals surface area contributed by atoms with Crippen LogP contribution in [0.4, 0.5) is 5.13 Å². The van der Waals surface area contributed by atoms with Gasteiger partial charge in [-0.3, -0.25) is 14.4 Å². The monoisotopic (exact) mass is 292 g/mol. The van der Waals surface area contributed by atoms with E-state index in [0.29, 0.717) is 10.8 Å². The summed E-state index contributed by atoms with van der Waals surface area (Å²) in [5.74, 6) is -0.134. The number of aryl methyl sites for hydroxylation is 2. The molecule has 0 aromatic carbocycles. The molecule has 0 saturated carbocycles. The van der Waals surface area contributed by atoms with Crippen LogP contribution in [0.2, 0.25) is 0 Å². The quantitative estimate of drug-likeness (QED) is 0.855. The zero-order valence-electron chi connectivity index (χ0n) is 12.8. The van der Waals surface area contributed by atoms with Crippen molar-refractivity contribution in [3.05, 3.63) is 28.5 Å². The molecular formula is C14H20N4OS. The second-order valence-corrected chi connectivity index (χ2v) is 6.73. The Morgan fingerprint density at radius 1 is 1.35 bits per heavy atom. The molecule has 108 valence electrons. The van der Waals surface area contributed by atoms with Gasteiger partial charge in [0.25, 0.3) is 5.91 Å². The fraction of sp³-hybridized carbons (Fsp3) is 0.500. The molecule has 2 aromatic rings. The minimum Gasteiger partial charge on any atom is -0.286 e. The zero-order valence-corrected chi connectivity index (χ0v) is 13.6. The summed E-state index contributed by atoms with van der Waals surface area (Å²) in [5, 5.41) is 7.06. The van der Waals surface area contributed by atoms with Crippen molar-refractivity contribution in [3.8, 4) is 0 Å². The summed E-state index contributed by atoms with van der Waals surface area (Å²) in [6.45, 7) is 10.1. The number of rotatable bonds is 2. The van der Waals surface area contributed by atoms with Crippen LogP contribution in [0.15, 0.2) is 11.4 Å². The van der Waals surface area contributed by atoms with Gasteiger partial charge in [0, 0.05) is 18.1 Å². The van der Waals surface area contributed by atoms with Crippen molar-refractivity contribution in [2.75, 3.05) is 11.9 Å². The van der Waals surface area contributed by atoms with Gasteiger partial charge in [0.05, 0.1) is 11.2 Å².